The molecule has 4 aromatic rings. The molecule has 0 aliphatic carbocycles. The largest absolute Gasteiger partial charge is 0.354 e. The van der Waals surface area contributed by atoms with Crippen molar-refractivity contribution in [2.75, 3.05) is 31.1 Å². The Labute approximate surface area is 205 Å². The molecule has 10 heteroatoms. The molecule has 2 aliphatic rings. The second kappa shape index (κ2) is 8.53. The SMILES string of the molecule is [C-]#[N+]c1ccc(-c2nc(N3CCC4CNCC4C3)c(F)c(=O)n2-c2ccc3c(cnn3C)c2)cc1F. The van der Waals surface area contributed by atoms with Gasteiger partial charge in [-0.2, -0.15) is 9.49 Å². The van der Waals surface area contributed by atoms with Crippen molar-refractivity contribution in [2.24, 2.45) is 18.9 Å². The van der Waals surface area contributed by atoms with Crippen molar-refractivity contribution in [2.45, 2.75) is 6.42 Å². The summed E-state index contributed by atoms with van der Waals surface area (Å²) in [5, 5.41) is 8.38. The molecule has 0 amide bonds. The Morgan fingerprint density at radius 1 is 1.14 bits per heavy atom. The van der Waals surface area contributed by atoms with Crippen molar-refractivity contribution in [1.29, 1.82) is 0 Å². The highest BCUT2D eigenvalue weighted by Gasteiger charge is 2.35. The van der Waals surface area contributed by atoms with Crippen LogP contribution in [0.25, 0.3) is 32.8 Å². The van der Waals surface area contributed by atoms with E-state index in [9.17, 15) is 9.18 Å². The molecule has 2 aliphatic heterocycles. The van der Waals surface area contributed by atoms with E-state index in [1.54, 1.807) is 36.1 Å². The van der Waals surface area contributed by atoms with Crippen LogP contribution >= 0.6 is 0 Å². The lowest BCUT2D eigenvalue weighted by atomic mass is 9.89. The molecule has 2 aromatic heterocycles. The van der Waals surface area contributed by atoms with Crippen molar-refractivity contribution >= 4 is 22.4 Å². The summed E-state index contributed by atoms with van der Waals surface area (Å²) in [6.07, 6.45) is 2.54. The average Bonchev–Trinajstić information content (AvgIpc) is 3.51. The third-order valence-electron chi connectivity index (χ3n) is 7.33. The molecule has 0 radical (unpaired) electrons. The number of hydrogen-bond donors (Lipinski definition) is 1. The number of aryl methyl sites for hydroxylation is 1. The van der Waals surface area contributed by atoms with E-state index in [0.717, 1.165) is 30.4 Å². The predicted molar refractivity (Wildman–Crippen MR) is 132 cm³/mol. The highest BCUT2D eigenvalue weighted by molar-refractivity contribution is 5.81. The molecule has 182 valence electrons. The first-order chi connectivity index (χ1) is 17.4. The van der Waals surface area contributed by atoms with Crippen LogP contribution in [-0.4, -0.2) is 45.5 Å². The summed E-state index contributed by atoms with van der Waals surface area (Å²) in [7, 11) is 1.81. The third kappa shape index (κ3) is 3.55. The van der Waals surface area contributed by atoms with E-state index in [1.165, 1.54) is 22.8 Å². The summed E-state index contributed by atoms with van der Waals surface area (Å²) in [5.74, 6) is -0.683. The first kappa shape index (κ1) is 22.4. The minimum absolute atomic E-state index is 0.0197. The molecule has 2 aromatic carbocycles. The minimum Gasteiger partial charge on any atom is -0.354 e. The van der Waals surface area contributed by atoms with Crippen LogP contribution in [0.3, 0.4) is 0 Å². The molecule has 36 heavy (non-hydrogen) atoms. The maximum atomic E-state index is 15.7. The van der Waals surface area contributed by atoms with Crippen molar-refractivity contribution < 1.29 is 8.78 Å². The Morgan fingerprint density at radius 3 is 2.78 bits per heavy atom. The fourth-order valence-electron chi connectivity index (χ4n) is 5.39. The minimum atomic E-state index is -0.937. The summed E-state index contributed by atoms with van der Waals surface area (Å²) in [6, 6.07) is 9.26. The Kier molecular flexibility index (Phi) is 5.30. The molecule has 1 N–H and O–H groups in total. The standard InChI is InChI=1S/C26H23F2N7O/c1-29-21-5-3-15(10-20(21)27)24-32-25(34-8-7-16-11-30-12-18(16)14-34)23(28)26(36)35(24)19-4-6-22-17(9-19)13-31-33(22)2/h3-6,9-10,13,16,18,30H,7-8,11-12,14H2,2H3. The molecular formula is C26H23F2N7O. The number of halogens is 2. The molecule has 6 rings (SSSR count). The first-order valence-corrected chi connectivity index (χ1v) is 11.8. The zero-order valence-electron chi connectivity index (χ0n) is 19.6. The lowest BCUT2D eigenvalue weighted by Gasteiger charge is -2.35. The van der Waals surface area contributed by atoms with Crippen molar-refractivity contribution in [3.63, 3.8) is 0 Å². The molecule has 0 saturated carbocycles. The monoisotopic (exact) mass is 487 g/mol. The van der Waals surface area contributed by atoms with Gasteiger partial charge >= 0.3 is 0 Å². The van der Waals surface area contributed by atoms with E-state index >= 15 is 4.39 Å². The van der Waals surface area contributed by atoms with E-state index in [2.05, 4.69) is 20.2 Å². The Bertz CT molecular complexity index is 1600. The van der Waals surface area contributed by atoms with Gasteiger partial charge in [0, 0.05) is 31.1 Å². The maximum absolute atomic E-state index is 15.7. The topological polar surface area (TPSA) is 72.3 Å². The highest BCUT2D eigenvalue weighted by Crippen LogP contribution is 2.32. The van der Waals surface area contributed by atoms with Gasteiger partial charge in [0.2, 0.25) is 11.5 Å². The molecule has 0 bridgehead atoms. The molecule has 8 nitrogen and oxygen atoms in total. The van der Waals surface area contributed by atoms with E-state index in [4.69, 9.17) is 6.57 Å². The van der Waals surface area contributed by atoms with E-state index in [1.807, 2.05) is 4.90 Å². The van der Waals surface area contributed by atoms with E-state index in [-0.39, 0.29) is 22.9 Å². The van der Waals surface area contributed by atoms with E-state index < -0.39 is 17.2 Å². The maximum Gasteiger partial charge on any atom is 0.296 e. The number of anilines is 1. The van der Waals surface area contributed by atoms with Gasteiger partial charge in [0.05, 0.1) is 24.0 Å². The zero-order chi connectivity index (χ0) is 25.0. The summed E-state index contributed by atoms with van der Waals surface area (Å²) >= 11 is 0. The summed E-state index contributed by atoms with van der Waals surface area (Å²) in [5.41, 5.74) is 0.518. The van der Waals surface area contributed by atoms with Gasteiger partial charge in [-0.15, -0.1) is 0 Å². The van der Waals surface area contributed by atoms with Crippen LogP contribution in [0.4, 0.5) is 20.3 Å². The van der Waals surface area contributed by atoms with Crippen LogP contribution in [0, 0.1) is 30.0 Å². The van der Waals surface area contributed by atoms with Gasteiger partial charge in [-0.3, -0.25) is 14.0 Å². The van der Waals surface area contributed by atoms with Gasteiger partial charge in [-0.1, -0.05) is 12.1 Å². The van der Waals surface area contributed by atoms with Crippen LogP contribution in [0.15, 0.2) is 47.4 Å². The van der Waals surface area contributed by atoms with Crippen LogP contribution in [0.2, 0.25) is 0 Å². The number of nitrogens with one attached hydrogen (secondary N) is 1. The lowest BCUT2D eigenvalue weighted by molar-refractivity contribution is 0.345. The van der Waals surface area contributed by atoms with Gasteiger partial charge in [0.15, 0.2) is 5.82 Å². The molecular weight excluding hydrogens is 464 g/mol. The first-order valence-electron chi connectivity index (χ1n) is 11.8. The second-order valence-corrected chi connectivity index (χ2v) is 9.42. The third-order valence-corrected chi connectivity index (χ3v) is 7.33. The smallest absolute Gasteiger partial charge is 0.296 e. The van der Waals surface area contributed by atoms with Gasteiger partial charge in [-0.05, 0) is 55.6 Å². The Morgan fingerprint density at radius 2 is 1.97 bits per heavy atom. The number of benzene rings is 2. The second-order valence-electron chi connectivity index (χ2n) is 9.42. The molecule has 4 heterocycles. The van der Waals surface area contributed by atoms with Crippen LogP contribution in [0.5, 0.6) is 0 Å². The molecule has 2 atom stereocenters. The van der Waals surface area contributed by atoms with Gasteiger partial charge in [0.25, 0.3) is 5.56 Å². The average molecular weight is 488 g/mol. The van der Waals surface area contributed by atoms with E-state index in [0.29, 0.717) is 30.6 Å². The lowest BCUT2D eigenvalue weighted by Crippen LogP contribution is -2.42. The molecule has 2 fully saturated rings. The molecule has 0 spiro atoms. The number of hydrogen-bond acceptors (Lipinski definition) is 5. The normalized spacial score (nSPS) is 19.4. The molecule has 2 unspecified atom stereocenters. The highest BCUT2D eigenvalue weighted by atomic mass is 19.1. The fourth-order valence-corrected chi connectivity index (χ4v) is 5.39. The number of piperidine rings is 1. The van der Waals surface area contributed by atoms with Crippen molar-refractivity contribution in [3.05, 3.63) is 76.0 Å². The van der Waals surface area contributed by atoms with Gasteiger partial charge in [-0.25, -0.2) is 14.2 Å². The Hall–Kier alpha value is -4.10. The quantitative estimate of drug-likeness (QED) is 0.447. The van der Waals surface area contributed by atoms with Crippen molar-refractivity contribution in [1.82, 2.24) is 24.6 Å². The zero-order valence-corrected chi connectivity index (χ0v) is 19.6. The molecule has 2 saturated heterocycles. The van der Waals surface area contributed by atoms with Crippen LogP contribution in [0.1, 0.15) is 6.42 Å². The fraction of sp³-hybridized carbons (Fsp3) is 0.308. The summed E-state index contributed by atoms with van der Waals surface area (Å²) < 4.78 is 33.2. The summed E-state index contributed by atoms with van der Waals surface area (Å²) in [6.45, 7) is 10.1. The van der Waals surface area contributed by atoms with Crippen LogP contribution in [-0.2, 0) is 7.05 Å². The van der Waals surface area contributed by atoms with Crippen molar-refractivity contribution in [3.8, 4) is 17.1 Å². The number of fused-ring (bicyclic) bond motifs is 2. The Balaban J connectivity index is 1.55. The number of rotatable bonds is 3. The van der Waals surface area contributed by atoms with Gasteiger partial charge < -0.3 is 10.2 Å². The number of aromatic nitrogens is 4. The predicted octanol–water partition coefficient (Wildman–Crippen LogP) is 3.66. The van der Waals surface area contributed by atoms with Crippen LogP contribution < -0.4 is 15.8 Å². The number of nitrogens with zero attached hydrogens (tertiary/aromatic N) is 6. The summed E-state index contributed by atoms with van der Waals surface area (Å²) in [4.78, 5) is 23.2. The van der Waals surface area contributed by atoms with Gasteiger partial charge in [0.1, 0.15) is 11.6 Å².